The number of anilines is 2. The third kappa shape index (κ3) is 5.64. The molecule has 0 saturated heterocycles. The molecular weight excluding hydrogens is 361 g/mol. The van der Waals surface area contributed by atoms with Crippen LogP contribution in [0.2, 0.25) is 0 Å². The molecule has 0 heterocycles. The number of halogens is 1. The van der Waals surface area contributed by atoms with E-state index in [-0.39, 0.29) is 23.4 Å². The topological polar surface area (TPSA) is 87.3 Å². The predicted octanol–water partition coefficient (Wildman–Crippen LogP) is 3.49. The smallest absolute Gasteiger partial charge is 0.251 e. The van der Waals surface area contributed by atoms with Gasteiger partial charge in [0, 0.05) is 18.2 Å². The molecule has 2 aromatic rings. The van der Waals surface area contributed by atoms with E-state index in [1.54, 1.807) is 32.0 Å². The van der Waals surface area contributed by atoms with Crippen molar-refractivity contribution in [3.05, 3.63) is 59.4 Å². The van der Waals surface area contributed by atoms with E-state index in [4.69, 9.17) is 0 Å². The fourth-order valence-corrected chi connectivity index (χ4v) is 2.66. The molecule has 148 valence electrons. The average Bonchev–Trinajstić information content (AvgIpc) is 2.61. The largest absolute Gasteiger partial charge is 0.340 e. The second kappa shape index (κ2) is 9.12. The fraction of sp³-hybridized carbons (Fsp3) is 0.286. The van der Waals surface area contributed by atoms with Gasteiger partial charge in [-0.2, -0.15) is 0 Å². The van der Waals surface area contributed by atoms with Crippen molar-refractivity contribution in [1.82, 2.24) is 5.32 Å². The summed E-state index contributed by atoms with van der Waals surface area (Å²) in [5.41, 5.74) is 1.65. The van der Waals surface area contributed by atoms with Gasteiger partial charge >= 0.3 is 0 Å². The lowest BCUT2D eigenvalue weighted by Gasteiger charge is -2.22. The fourth-order valence-electron chi connectivity index (χ4n) is 2.66. The molecule has 0 aliphatic heterocycles. The first-order chi connectivity index (χ1) is 13.2. The van der Waals surface area contributed by atoms with Gasteiger partial charge in [0.2, 0.25) is 11.8 Å². The highest BCUT2D eigenvalue weighted by molar-refractivity contribution is 6.01. The Kier molecular flexibility index (Phi) is 6.87. The normalized spacial score (nSPS) is 11.6. The van der Waals surface area contributed by atoms with Crippen LogP contribution in [0.5, 0.6) is 0 Å². The van der Waals surface area contributed by atoms with Crippen molar-refractivity contribution >= 4 is 29.1 Å². The van der Waals surface area contributed by atoms with Crippen molar-refractivity contribution in [3.8, 4) is 0 Å². The summed E-state index contributed by atoms with van der Waals surface area (Å²) in [5, 5.41) is 7.73. The Balaban J connectivity index is 2.17. The highest BCUT2D eigenvalue weighted by Crippen LogP contribution is 2.20. The third-order valence-corrected chi connectivity index (χ3v) is 4.06. The maximum Gasteiger partial charge on any atom is 0.251 e. The van der Waals surface area contributed by atoms with E-state index in [2.05, 4.69) is 16.0 Å². The Morgan fingerprint density at radius 2 is 1.71 bits per heavy atom. The summed E-state index contributed by atoms with van der Waals surface area (Å²) in [6.07, 6.45) is 0. The molecule has 0 aliphatic carbocycles. The van der Waals surface area contributed by atoms with E-state index in [9.17, 15) is 18.8 Å². The molecule has 3 amide bonds. The second-order valence-electron chi connectivity index (χ2n) is 6.93. The van der Waals surface area contributed by atoms with E-state index in [1.807, 2.05) is 13.0 Å². The number of benzene rings is 2. The van der Waals surface area contributed by atoms with Crippen molar-refractivity contribution in [2.24, 2.45) is 5.92 Å². The SMILES string of the molecule is CC(=O)Nc1ccc(F)c(NC(=O)C(NC(=O)c2cccc(C)c2)C(C)C)c1. The number of amides is 3. The van der Waals surface area contributed by atoms with Gasteiger partial charge < -0.3 is 16.0 Å². The molecule has 2 aromatic carbocycles. The molecule has 0 spiro atoms. The monoisotopic (exact) mass is 385 g/mol. The molecule has 6 nitrogen and oxygen atoms in total. The quantitative estimate of drug-likeness (QED) is 0.711. The van der Waals surface area contributed by atoms with Gasteiger partial charge in [-0.1, -0.05) is 31.5 Å². The molecule has 0 fully saturated rings. The number of hydrogen-bond acceptors (Lipinski definition) is 3. The summed E-state index contributed by atoms with van der Waals surface area (Å²) in [4.78, 5) is 36.4. The zero-order chi connectivity index (χ0) is 20.8. The molecule has 7 heteroatoms. The standard InChI is InChI=1S/C21H24FN3O3/c1-12(2)19(25-20(27)15-7-5-6-13(3)10-15)21(28)24-18-11-16(23-14(4)26)8-9-17(18)22/h5-12,19H,1-4H3,(H,23,26)(H,24,28)(H,25,27). The maximum atomic E-state index is 14.1. The molecule has 1 atom stereocenters. The van der Waals surface area contributed by atoms with Gasteiger partial charge in [0.1, 0.15) is 11.9 Å². The van der Waals surface area contributed by atoms with E-state index < -0.39 is 17.8 Å². The van der Waals surface area contributed by atoms with Gasteiger partial charge in [-0.3, -0.25) is 14.4 Å². The number of rotatable bonds is 6. The van der Waals surface area contributed by atoms with Crippen LogP contribution in [0.1, 0.15) is 36.7 Å². The van der Waals surface area contributed by atoms with Crippen molar-refractivity contribution in [3.63, 3.8) is 0 Å². The molecule has 28 heavy (non-hydrogen) atoms. The highest BCUT2D eigenvalue weighted by atomic mass is 19.1. The number of carbonyl (C=O) groups excluding carboxylic acids is 3. The summed E-state index contributed by atoms with van der Waals surface area (Å²) >= 11 is 0. The van der Waals surface area contributed by atoms with Crippen LogP contribution in [0.4, 0.5) is 15.8 Å². The summed E-state index contributed by atoms with van der Waals surface area (Å²) in [7, 11) is 0. The van der Waals surface area contributed by atoms with Gasteiger partial charge in [0.05, 0.1) is 5.69 Å². The van der Waals surface area contributed by atoms with Crippen LogP contribution >= 0.6 is 0 Å². The molecular formula is C21H24FN3O3. The summed E-state index contributed by atoms with van der Waals surface area (Å²) in [6.45, 7) is 6.77. The number of carbonyl (C=O) groups is 3. The average molecular weight is 385 g/mol. The van der Waals surface area contributed by atoms with Crippen molar-refractivity contribution in [2.45, 2.75) is 33.7 Å². The second-order valence-corrected chi connectivity index (χ2v) is 6.93. The van der Waals surface area contributed by atoms with Crippen LogP contribution in [-0.4, -0.2) is 23.8 Å². The lowest BCUT2D eigenvalue weighted by molar-refractivity contribution is -0.119. The van der Waals surface area contributed by atoms with E-state index >= 15 is 0 Å². The van der Waals surface area contributed by atoms with Crippen LogP contribution in [0.25, 0.3) is 0 Å². The molecule has 0 bridgehead atoms. The first-order valence-corrected chi connectivity index (χ1v) is 8.93. The maximum absolute atomic E-state index is 14.1. The molecule has 2 rings (SSSR count). The van der Waals surface area contributed by atoms with Crippen LogP contribution in [0.3, 0.4) is 0 Å². The first kappa shape index (κ1) is 21.1. The molecule has 3 N–H and O–H groups in total. The molecule has 0 radical (unpaired) electrons. The summed E-state index contributed by atoms with van der Waals surface area (Å²) in [5.74, 6) is -2.11. The minimum atomic E-state index is -0.864. The van der Waals surface area contributed by atoms with Crippen molar-refractivity contribution in [1.29, 1.82) is 0 Å². The molecule has 0 aromatic heterocycles. The summed E-state index contributed by atoms with van der Waals surface area (Å²) in [6, 6.07) is 10.0. The molecule has 0 saturated carbocycles. The Hall–Kier alpha value is -3.22. The minimum absolute atomic E-state index is 0.0771. The number of hydrogen-bond donors (Lipinski definition) is 3. The van der Waals surface area contributed by atoms with Gasteiger partial charge in [-0.05, 0) is 43.2 Å². The van der Waals surface area contributed by atoms with Gasteiger partial charge in [0.15, 0.2) is 0 Å². The Morgan fingerprint density at radius 1 is 1.00 bits per heavy atom. The van der Waals surface area contributed by atoms with Crippen molar-refractivity contribution in [2.75, 3.05) is 10.6 Å². The third-order valence-electron chi connectivity index (χ3n) is 4.06. The van der Waals surface area contributed by atoms with Gasteiger partial charge in [-0.25, -0.2) is 4.39 Å². The van der Waals surface area contributed by atoms with Gasteiger partial charge in [0.25, 0.3) is 5.91 Å². The van der Waals surface area contributed by atoms with Crippen molar-refractivity contribution < 1.29 is 18.8 Å². The number of aryl methyl sites for hydroxylation is 1. The Labute approximate surface area is 163 Å². The van der Waals surface area contributed by atoms with E-state index in [0.717, 1.165) is 11.6 Å². The summed E-state index contributed by atoms with van der Waals surface area (Å²) < 4.78 is 14.1. The minimum Gasteiger partial charge on any atom is -0.340 e. The lowest BCUT2D eigenvalue weighted by atomic mass is 10.0. The van der Waals surface area contributed by atoms with E-state index in [1.165, 1.54) is 19.1 Å². The van der Waals surface area contributed by atoms with Crippen LogP contribution in [0, 0.1) is 18.7 Å². The van der Waals surface area contributed by atoms with Crippen LogP contribution < -0.4 is 16.0 Å². The van der Waals surface area contributed by atoms with Crippen LogP contribution in [0.15, 0.2) is 42.5 Å². The molecule has 1 unspecified atom stereocenters. The zero-order valence-electron chi connectivity index (χ0n) is 16.3. The molecule has 0 aliphatic rings. The predicted molar refractivity (Wildman–Crippen MR) is 107 cm³/mol. The van der Waals surface area contributed by atoms with Crippen LogP contribution in [-0.2, 0) is 9.59 Å². The lowest BCUT2D eigenvalue weighted by Crippen LogP contribution is -2.47. The van der Waals surface area contributed by atoms with E-state index in [0.29, 0.717) is 11.3 Å². The first-order valence-electron chi connectivity index (χ1n) is 8.93. The highest BCUT2D eigenvalue weighted by Gasteiger charge is 2.25. The Bertz CT molecular complexity index is 896. The van der Waals surface area contributed by atoms with Gasteiger partial charge in [-0.15, -0.1) is 0 Å². The zero-order valence-corrected chi connectivity index (χ0v) is 16.3. The number of nitrogens with one attached hydrogen (secondary N) is 3. The Morgan fingerprint density at radius 3 is 2.32 bits per heavy atom.